The van der Waals surface area contributed by atoms with E-state index in [-0.39, 0.29) is 0 Å². The third kappa shape index (κ3) is 3.78. The Balaban J connectivity index is 2.13. The van der Waals surface area contributed by atoms with E-state index in [1.54, 1.807) is 6.08 Å². The largest absolute Gasteiger partial charge is 0.373 e. The lowest BCUT2D eigenvalue weighted by Gasteiger charge is -2.10. The Morgan fingerprint density at radius 3 is 2.48 bits per heavy atom. The molecule has 3 aromatic rings. The molecule has 3 rings (SSSR count). The SMILES string of the molecule is C=C/C(=C\C=C/C)c1nc(NC)c2cc(-c3ccc(C#N)cc3)ccc2n1. The highest BCUT2D eigenvalue weighted by Crippen LogP contribution is 2.29. The minimum atomic E-state index is 0.631. The van der Waals surface area contributed by atoms with Crippen molar-refractivity contribution in [3.63, 3.8) is 0 Å². The first kappa shape index (κ1) is 18.1. The van der Waals surface area contributed by atoms with E-state index in [9.17, 15) is 0 Å². The Kier molecular flexibility index (Phi) is 5.44. The fraction of sp³-hybridized carbons (Fsp3) is 0.0870. The van der Waals surface area contributed by atoms with Crippen LogP contribution in [0.1, 0.15) is 18.3 Å². The predicted octanol–water partition coefficient (Wildman–Crippen LogP) is 5.36. The number of nitrogens with one attached hydrogen (secondary N) is 1. The van der Waals surface area contributed by atoms with Crippen LogP contribution in [0.25, 0.3) is 27.6 Å². The summed E-state index contributed by atoms with van der Waals surface area (Å²) in [5.41, 5.74) is 4.46. The van der Waals surface area contributed by atoms with Gasteiger partial charge < -0.3 is 5.32 Å². The summed E-state index contributed by atoms with van der Waals surface area (Å²) in [6, 6.07) is 15.8. The minimum absolute atomic E-state index is 0.631. The molecule has 0 aliphatic heterocycles. The molecular weight excluding hydrogens is 332 g/mol. The summed E-state index contributed by atoms with van der Waals surface area (Å²) in [7, 11) is 1.85. The molecule has 0 aliphatic rings. The normalized spacial score (nSPS) is 11.5. The van der Waals surface area contributed by atoms with E-state index in [0.717, 1.165) is 33.4 Å². The molecule has 1 N–H and O–H groups in total. The molecule has 0 saturated heterocycles. The quantitative estimate of drug-likeness (QED) is 0.628. The van der Waals surface area contributed by atoms with E-state index in [2.05, 4.69) is 29.0 Å². The zero-order chi connectivity index (χ0) is 19.2. The van der Waals surface area contributed by atoms with Gasteiger partial charge in [0.05, 0.1) is 17.1 Å². The zero-order valence-electron chi connectivity index (χ0n) is 15.4. The van der Waals surface area contributed by atoms with E-state index < -0.39 is 0 Å². The lowest BCUT2D eigenvalue weighted by atomic mass is 10.0. The van der Waals surface area contributed by atoms with E-state index in [1.807, 2.05) is 68.6 Å². The van der Waals surface area contributed by atoms with Crippen LogP contribution in [-0.4, -0.2) is 17.0 Å². The summed E-state index contributed by atoms with van der Waals surface area (Å²) in [6.45, 7) is 5.83. The Bertz CT molecular complexity index is 1080. The molecule has 0 fully saturated rings. The van der Waals surface area contributed by atoms with Crippen LogP contribution in [-0.2, 0) is 0 Å². The summed E-state index contributed by atoms with van der Waals surface area (Å²) in [5, 5.41) is 13.1. The highest BCUT2D eigenvalue weighted by Gasteiger charge is 2.10. The number of nitriles is 1. The second-order valence-corrected chi connectivity index (χ2v) is 5.92. The third-order valence-electron chi connectivity index (χ3n) is 4.23. The molecule has 4 nitrogen and oxygen atoms in total. The zero-order valence-corrected chi connectivity index (χ0v) is 15.4. The molecule has 0 unspecified atom stereocenters. The van der Waals surface area contributed by atoms with Gasteiger partial charge in [0, 0.05) is 18.0 Å². The molecular formula is C23H20N4. The first-order valence-corrected chi connectivity index (χ1v) is 8.66. The van der Waals surface area contributed by atoms with Crippen LogP contribution < -0.4 is 5.32 Å². The van der Waals surface area contributed by atoms with Crippen LogP contribution in [0.2, 0.25) is 0 Å². The molecule has 0 radical (unpaired) electrons. The van der Waals surface area contributed by atoms with Gasteiger partial charge in [-0.2, -0.15) is 5.26 Å². The molecule has 0 bridgehead atoms. The number of fused-ring (bicyclic) bond motifs is 1. The molecule has 4 heteroatoms. The minimum Gasteiger partial charge on any atom is -0.373 e. The first-order valence-electron chi connectivity index (χ1n) is 8.66. The topological polar surface area (TPSA) is 61.6 Å². The predicted molar refractivity (Wildman–Crippen MR) is 112 cm³/mol. The van der Waals surface area contributed by atoms with E-state index >= 15 is 0 Å². The molecule has 0 amide bonds. The number of hydrogen-bond donors (Lipinski definition) is 1. The molecule has 1 aromatic heterocycles. The van der Waals surface area contributed by atoms with Gasteiger partial charge in [-0.25, -0.2) is 9.97 Å². The van der Waals surface area contributed by atoms with Crippen molar-refractivity contribution in [1.82, 2.24) is 9.97 Å². The van der Waals surface area contributed by atoms with Gasteiger partial charge >= 0.3 is 0 Å². The van der Waals surface area contributed by atoms with Crippen molar-refractivity contribution in [2.45, 2.75) is 6.92 Å². The monoisotopic (exact) mass is 352 g/mol. The maximum absolute atomic E-state index is 8.96. The van der Waals surface area contributed by atoms with Crippen molar-refractivity contribution in [2.24, 2.45) is 0 Å². The fourth-order valence-electron chi connectivity index (χ4n) is 2.80. The van der Waals surface area contributed by atoms with Crippen molar-refractivity contribution >= 4 is 22.3 Å². The lowest BCUT2D eigenvalue weighted by molar-refractivity contribution is 1.16. The van der Waals surface area contributed by atoms with Gasteiger partial charge in [-0.3, -0.25) is 0 Å². The van der Waals surface area contributed by atoms with Crippen molar-refractivity contribution in [3.8, 4) is 17.2 Å². The van der Waals surface area contributed by atoms with Crippen molar-refractivity contribution in [2.75, 3.05) is 12.4 Å². The number of hydrogen-bond acceptors (Lipinski definition) is 4. The number of benzene rings is 2. The Morgan fingerprint density at radius 2 is 1.85 bits per heavy atom. The van der Waals surface area contributed by atoms with E-state index in [1.165, 1.54) is 0 Å². The number of rotatable bonds is 5. The molecule has 27 heavy (non-hydrogen) atoms. The maximum Gasteiger partial charge on any atom is 0.162 e. The Morgan fingerprint density at radius 1 is 1.11 bits per heavy atom. The summed E-state index contributed by atoms with van der Waals surface area (Å²) < 4.78 is 0. The Hall–Kier alpha value is -3.71. The number of nitrogens with zero attached hydrogens (tertiary/aromatic N) is 3. The molecule has 1 heterocycles. The maximum atomic E-state index is 8.96. The molecule has 0 atom stereocenters. The first-order chi connectivity index (χ1) is 13.2. The van der Waals surface area contributed by atoms with Gasteiger partial charge in [0.2, 0.25) is 0 Å². The van der Waals surface area contributed by atoms with Gasteiger partial charge in [0.1, 0.15) is 5.82 Å². The molecule has 0 aliphatic carbocycles. The third-order valence-corrected chi connectivity index (χ3v) is 4.23. The van der Waals surface area contributed by atoms with Crippen molar-refractivity contribution < 1.29 is 0 Å². The Labute approximate surface area is 159 Å². The second-order valence-electron chi connectivity index (χ2n) is 5.92. The molecule has 2 aromatic carbocycles. The van der Waals surface area contributed by atoms with Crippen LogP contribution in [0.3, 0.4) is 0 Å². The van der Waals surface area contributed by atoms with Crippen LogP contribution in [0.15, 0.2) is 73.3 Å². The number of anilines is 1. The number of allylic oxidation sites excluding steroid dienone is 5. The van der Waals surface area contributed by atoms with Gasteiger partial charge in [0.15, 0.2) is 5.82 Å². The van der Waals surface area contributed by atoms with Crippen LogP contribution in [0.5, 0.6) is 0 Å². The number of aromatic nitrogens is 2. The van der Waals surface area contributed by atoms with Gasteiger partial charge in [-0.15, -0.1) is 0 Å². The van der Waals surface area contributed by atoms with E-state index in [0.29, 0.717) is 11.4 Å². The highest BCUT2D eigenvalue weighted by molar-refractivity contribution is 5.94. The van der Waals surface area contributed by atoms with Crippen molar-refractivity contribution in [3.05, 3.63) is 84.7 Å². The summed E-state index contributed by atoms with van der Waals surface area (Å²) >= 11 is 0. The highest BCUT2D eigenvalue weighted by atomic mass is 15.0. The standard InChI is InChI=1S/C23H20N4/c1-4-6-7-17(5-2)22-26-21-13-12-19(14-20(21)23(25-3)27-22)18-10-8-16(15-24)9-11-18/h4-14H,2H2,1,3H3,(H,25,26,27)/b6-4-,17-7+. The smallest absolute Gasteiger partial charge is 0.162 e. The molecule has 132 valence electrons. The van der Waals surface area contributed by atoms with E-state index in [4.69, 9.17) is 10.2 Å². The summed E-state index contributed by atoms with van der Waals surface area (Å²) in [6.07, 6.45) is 7.59. The van der Waals surface area contributed by atoms with Gasteiger partial charge in [0.25, 0.3) is 0 Å². The lowest BCUT2D eigenvalue weighted by Crippen LogP contribution is -2.01. The van der Waals surface area contributed by atoms with Crippen LogP contribution in [0, 0.1) is 11.3 Å². The average molecular weight is 352 g/mol. The molecule has 0 spiro atoms. The fourth-order valence-corrected chi connectivity index (χ4v) is 2.80. The summed E-state index contributed by atoms with van der Waals surface area (Å²) in [4.78, 5) is 9.37. The van der Waals surface area contributed by atoms with Gasteiger partial charge in [-0.05, 0) is 42.3 Å². The van der Waals surface area contributed by atoms with Crippen LogP contribution in [0.4, 0.5) is 5.82 Å². The van der Waals surface area contributed by atoms with Gasteiger partial charge in [-0.1, -0.05) is 49.1 Å². The van der Waals surface area contributed by atoms with Crippen LogP contribution >= 0.6 is 0 Å². The summed E-state index contributed by atoms with van der Waals surface area (Å²) in [5.74, 6) is 1.39. The molecule has 0 saturated carbocycles. The van der Waals surface area contributed by atoms with Crippen molar-refractivity contribution in [1.29, 1.82) is 5.26 Å². The average Bonchev–Trinajstić information content (AvgIpc) is 2.73. The second kappa shape index (κ2) is 8.11.